The maximum atomic E-state index is 12.4. The average molecular weight is 415 g/mol. The third-order valence-electron chi connectivity index (χ3n) is 3.47. The lowest BCUT2D eigenvalue weighted by atomic mass is 10.2. The fraction of sp³-hybridized carbons (Fsp3) is 0.200. The number of para-hydroxylation sites is 1. The molecule has 0 aliphatic heterocycles. The molecule has 6 nitrogen and oxygen atoms in total. The molecule has 0 aliphatic rings. The van der Waals surface area contributed by atoms with E-state index in [0.29, 0.717) is 15.3 Å². The zero-order valence-corrected chi connectivity index (χ0v) is 16.6. The normalized spacial score (nSPS) is 11.8. The molecule has 0 fully saturated rings. The first-order valence-corrected chi connectivity index (χ1v) is 11.1. The van der Waals surface area contributed by atoms with Crippen molar-refractivity contribution < 1.29 is 8.42 Å². The van der Waals surface area contributed by atoms with E-state index in [-0.39, 0.29) is 10.8 Å². The second-order valence-electron chi connectivity index (χ2n) is 5.11. The van der Waals surface area contributed by atoms with E-state index in [1.54, 1.807) is 6.07 Å². The standard InChI is InChI=1S/C15H15ClN4O2S3/c1-10-5-3-4-6-11(10)20-13(18-19-15(20)23-2)9-17-25(21,22)14-8-7-12(16)24-14/h3-8,17H,9H2,1-2H3. The molecule has 0 amide bonds. The van der Waals surface area contributed by atoms with Crippen LogP contribution < -0.4 is 4.72 Å². The molecular weight excluding hydrogens is 400 g/mol. The van der Waals surface area contributed by atoms with Crippen LogP contribution >= 0.6 is 34.7 Å². The van der Waals surface area contributed by atoms with E-state index < -0.39 is 10.0 Å². The van der Waals surface area contributed by atoms with Gasteiger partial charge in [0, 0.05) is 0 Å². The van der Waals surface area contributed by atoms with Crippen LogP contribution in [0.15, 0.2) is 45.8 Å². The Balaban J connectivity index is 1.92. The SMILES string of the molecule is CSc1nnc(CNS(=O)(=O)c2ccc(Cl)s2)n1-c1ccccc1C. The van der Waals surface area contributed by atoms with E-state index in [2.05, 4.69) is 14.9 Å². The van der Waals surface area contributed by atoms with E-state index >= 15 is 0 Å². The van der Waals surface area contributed by atoms with Gasteiger partial charge in [-0.3, -0.25) is 4.57 Å². The van der Waals surface area contributed by atoms with Crippen molar-refractivity contribution >= 4 is 44.7 Å². The second-order valence-corrected chi connectivity index (χ2v) is 9.59. The third kappa shape index (κ3) is 3.90. The highest BCUT2D eigenvalue weighted by Gasteiger charge is 2.20. The van der Waals surface area contributed by atoms with Gasteiger partial charge in [-0.15, -0.1) is 21.5 Å². The molecule has 0 bridgehead atoms. The Morgan fingerprint density at radius 3 is 2.64 bits per heavy atom. The first-order valence-electron chi connectivity index (χ1n) is 7.21. The summed E-state index contributed by atoms with van der Waals surface area (Å²) in [4.78, 5) is 0. The highest BCUT2D eigenvalue weighted by molar-refractivity contribution is 7.98. The minimum absolute atomic E-state index is 0.0275. The molecule has 0 aliphatic carbocycles. The highest BCUT2D eigenvalue weighted by atomic mass is 35.5. The van der Waals surface area contributed by atoms with E-state index in [1.807, 2.05) is 42.0 Å². The number of rotatable bonds is 6. The summed E-state index contributed by atoms with van der Waals surface area (Å²) in [5.41, 5.74) is 1.97. The molecule has 2 heterocycles. The Hall–Kier alpha value is -1.39. The molecule has 0 radical (unpaired) electrons. The monoisotopic (exact) mass is 414 g/mol. The molecule has 25 heavy (non-hydrogen) atoms. The lowest BCUT2D eigenvalue weighted by Crippen LogP contribution is -2.24. The van der Waals surface area contributed by atoms with Crippen LogP contribution in [0.1, 0.15) is 11.4 Å². The fourth-order valence-corrected chi connectivity index (χ4v) is 5.29. The summed E-state index contributed by atoms with van der Waals surface area (Å²) in [6.07, 6.45) is 1.90. The minimum Gasteiger partial charge on any atom is -0.273 e. The largest absolute Gasteiger partial charge is 0.273 e. The lowest BCUT2D eigenvalue weighted by molar-refractivity contribution is 0.580. The molecule has 10 heteroatoms. The first kappa shape index (κ1) is 18.4. The summed E-state index contributed by atoms with van der Waals surface area (Å²) in [5.74, 6) is 0.518. The van der Waals surface area contributed by atoms with E-state index in [9.17, 15) is 8.42 Å². The van der Waals surface area contributed by atoms with Crippen LogP contribution in [0.2, 0.25) is 4.34 Å². The number of nitrogens with zero attached hydrogens (tertiary/aromatic N) is 3. The molecule has 0 saturated heterocycles. The van der Waals surface area contributed by atoms with Gasteiger partial charge in [0.25, 0.3) is 10.0 Å². The highest BCUT2D eigenvalue weighted by Crippen LogP contribution is 2.26. The summed E-state index contributed by atoms with van der Waals surface area (Å²) in [5, 5.41) is 9.00. The lowest BCUT2D eigenvalue weighted by Gasteiger charge is -2.12. The van der Waals surface area contributed by atoms with Crippen molar-refractivity contribution in [3.8, 4) is 5.69 Å². The van der Waals surface area contributed by atoms with Crippen molar-refractivity contribution in [1.82, 2.24) is 19.5 Å². The summed E-state index contributed by atoms with van der Waals surface area (Å²) in [6, 6.07) is 10.9. The first-order chi connectivity index (χ1) is 11.9. The van der Waals surface area contributed by atoms with Gasteiger partial charge < -0.3 is 0 Å². The number of halogens is 1. The number of hydrogen-bond donors (Lipinski definition) is 1. The molecular formula is C15H15ClN4O2S3. The zero-order valence-electron chi connectivity index (χ0n) is 13.4. The van der Waals surface area contributed by atoms with Crippen molar-refractivity contribution in [3.05, 3.63) is 52.1 Å². The Labute approximate surface area is 159 Å². The second kappa shape index (κ2) is 7.46. The molecule has 0 spiro atoms. The van der Waals surface area contributed by atoms with Gasteiger partial charge in [-0.05, 0) is 36.9 Å². The van der Waals surface area contributed by atoms with Gasteiger partial charge in [0.1, 0.15) is 4.21 Å². The number of thioether (sulfide) groups is 1. The fourth-order valence-electron chi connectivity index (χ4n) is 2.28. The molecule has 0 unspecified atom stereocenters. The molecule has 132 valence electrons. The van der Waals surface area contributed by atoms with Crippen LogP contribution in [0.4, 0.5) is 0 Å². The van der Waals surface area contributed by atoms with E-state index in [4.69, 9.17) is 11.6 Å². The van der Waals surface area contributed by atoms with Gasteiger partial charge in [0.15, 0.2) is 11.0 Å². The summed E-state index contributed by atoms with van der Waals surface area (Å²) in [6.45, 7) is 2.01. The Bertz CT molecular complexity index is 998. The van der Waals surface area contributed by atoms with Crippen LogP contribution in [-0.4, -0.2) is 29.4 Å². The Morgan fingerprint density at radius 1 is 1.24 bits per heavy atom. The Morgan fingerprint density at radius 2 is 2.00 bits per heavy atom. The number of nitrogens with one attached hydrogen (secondary N) is 1. The number of hydrogen-bond acceptors (Lipinski definition) is 6. The van der Waals surface area contributed by atoms with Crippen LogP contribution in [-0.2, 0) is 16.6 Å². The quantitative estimate of drug-likeness (QED) is 0.625. The van der Waals surface area contributed by atoms with Gasteiger partial charge in [-0.25, -0.2) is 13.1 Å². The van der Waals surface area contributed by atoms with Gasteiger partial charge in [0.05, 0.1) is 16.6 Å². The van der Waals surface area contributed by atoms with Gasteiger partial charge in [0.2, 0.25) is 0 Å². The molecule has 0 atom stereocenters. The third-order valence-corrected chi connectivity index (χ3v) is 7.23. The number of thiophene rings is 1. The van der Waals surface area contributed by atoms with Gasteiger partial charge in [-0.1, -0.05) is 41.6 Å². The number of benzene rings is 1. The van der Waals surface area contributed by atoms with Crippen LogP contribution in [0.25, 0.3) is 5.69 Å². The summed E-state index contributed by atoms with van der Waals surface area (Å²) < 4.78 is 29.8. The van der Waals surface area contributed by atoms with Crippen molar-refractivity contribution in [2.24, 2.45) is 0 Å². The number of sulfonamides is 1. The van der Waals surface area contributed by atoms with Crippen molar-refractivity contribution in [2.45, 2.75) is 22.8 Å². The number of aromatic nitrogens is 3. The van der Waals surface area contributed by atoms with Crippen LogP contribution in [0.3, 0.4) is 0 Å². The molecule has 2 aromatic heterocycles. The molecule has 1 aromatic carbocycles. The minimum atomic E-state index is -3.65. The zero-order chi connectivity index (χ0) is 18.0. The smallest absolute Gasteiger partial charge is 0.250 e. The van der Waals surface area contributed by atoms with E-state index in [0.717, 1.165) is 22.6 Å². The van der Waals surface area contributed by atoms with Crippen molar-refractivity contribution in [1.29, 1.82) is 0 Å². The molecule has 3 aromatic rings. The van der Waals surface area contributed by atoms with E-state index in [1.165, 1.54) is 17.8 Å². The van der Waals surface area contributed by atoms with Crippen LogP contribution in [0, 0.1) is 6.92 Å². The van der Waals surface area contributed by atoms with Gasteiger partial charge >= 0.3 is 0 Å². The summed E-state index contributed by atoms with van der Waals surface area (Å²) >= 11 is 8.29. The summed E-state index contributed by atoms with van der Waals surface area (Å²) in [7, 11) is -3.65. The maximum Gasteiger partial charge on any atom is 0.250 e. The van der Waals surface area contributed by atoms with Crippen LogP contribution in [0.5, 0.6) is 0 Å². The van der Waals surface area contributed by atoms with Gasteiger partial charge in [-0.2, -0.15) is 0 Å². The van der Waals surface area contributed by atoms with Crippen molar-refractivity contribution in [3.63, 3.8) is 0 Å². The number of aryl methyl sites for hydroxylation is 1. The topological polar surface area (TPSA) is 76.9 Å². The Kier molecular flexibility index (Phi) is 5.49. The molecule has 0 saturated carbocycles. The molecule has 3 rings (SSSR count). The predicted octanol–water partition coefficient (Wildman–Crippen LogP) is 3.49. The maximum absolute atomic E-state index is 12.4. The average Bonchev–Trinajstić information content (AvgIpc) is 3.20. The molecule has 1 N–H and O–H groups in total. The van der Waals surface area contributed by atoms with Crippen molar-refractivity contribution in [2.75, 3.05) is 6.26 Å². The predicted molar refractivity (Wildman–Crippen MR) is 101 cm³/mol.